The molecule has 260 valence electrons. The molecule has 1 aliphatic carbocycles. The minimum absolute atomic E-state index is 0.191. The number of para-hydroxylation sites is 3. The van der Waals surface area contributed by atoms with Crippen molar-refractivity contribution in [3.05, 3.63) is 211 Å². The Morgan fingerprint density at radius 3 is 1.81 bits per heavy atom. The normalized spacial score (nSPS) is 13.5. The van der Waals surface area contributed by atoms with E-state index in [4.69, 9.17) is 0 Å². The quantitative estimate of drug-likeness (QED) is 0.144. The van der Waals surface area contributed by atoms with Gasteiger partial charge in [-0.05, 0) is 112 Å². The molecule has 0 saturated carbocycles. The Kier molecular flexibility index (Phi) is 8.24. The molecule has 8 aromatic rings. The fraction of sp³-hybridized carbons (Fsp3) is 0.0769. The number of fused-ring (bicyclic) bond motifs is 6. The van der Waals surface area contributed by atoms with Crippen LogP contribution in [0.3, 0.4) is 0 Å². The topological polar surface area (TPSA) is 8.17 Å². The lowest BCUT2D eigenvalue weighted by molar-refractivity contribution is 0.660. The van der Waals surface area contributed by atoms with Crippen LogP contribution in [-0.2, 0) is 5.41 Å². The van der Waals surface area contributed by atoms with Crippen LogP contribution in [0.1, 0.15) is 37.5 Å². The van der Waals surface area contributed by atoms with Crippen molar-refractivity contribution in [2.45, 2.75) is 26.2 Å². The zero-order chi connectivity index (χ0) is 36.8. The lowest BCUT2D eigenvalue weighted by Crippen LogP contribution is -2.16. The Balaban J connectivity index is 1.15. The van der Waals surface area contributed by atoms with E-state index >= 15 is 0 Å². The third-order valence-electron chi connectivity index (χ3n) is 11.1. The summed E-state index contributed by atoms with van der Waals surface area (Å²) in [7, 11) is 0. The van der Waals surface area contributed by atoms with Crippen LogP contribution >= 0.6 is 0 Å². The average Bonchev–Trinajstić information content (AvgIpc) is 3.67. The molecule has 1 aromatic heterocycles. The second kappa shape index (κ2) is 13.4. The van der Waals surface area contributed by atoms with E-state index in [1.807, 2.05) is 6.08 Å². The van der Waals surface area contributed by atoms with Crippen LogP contribution in [0.2, 0.25) is 0 Å². The van der Waals surface area contributed by atoms with E-state index in [2.05, 4.69) is 219 Å². The molecular formula is C52H42N2. The molecule has 1 heterocycles. The van der Waals surface area contributed by atoms with Crippen LogP contribution < -0.4 is 4.90 Å². The zero-order valence-corrected chi connectivity index (χ0v) is 31.0. The summed E-state index contributed by atoms with van der Waals surface area (Å²) in [5, 5.41) is 2.50. The van der Waals surface area contributed by atoms with E-state index in [1.54, 1.807) is 0 Å². The Labute approximate surface area is 318 Å². The highest BCUT2D eigenvalue weighted by molar-refractivity contribution is 6.10. The molecule has 2 nitrogen and oxygen atoms in total. The second-order valence-corrected chi connectivity index (χ2v) is 14.7. The van der Waals surface area contributed by atoms with Crippen LogP contribution in [0.4, 0.5) is 17.1 Å². The monoisotopic (exact) mass is 694 g/mol. The molecule has 54 heavy (non-hydrogen) atoms. The molecule has 7 aromatic carbocycles. The molecule has 0 aliphatic heterocycles. The summed E-state index contributed by atoms with van der Waals surface area (Å²) < 4.78 is 2.37. The molecule has 0 atom stereocenters. The van der Waals surface area contributed by atoms with Gasteiger partial charge in [0, 0.05) is 38.9 Å². The molecule has 1 aliphatic rings. The molecule has 0 fully saturated rings. The first-order chi connectivity index (χ1) is 26.4. The SMILES string of the molecule is C=C/C=C(\C=C(/C)c1cccc2c1-c1ccc(N(c3ccccc3)c3ccc(-c4ccccc4)cc3)cc1C2(C)C)n1c2ccccc2c2ccccc21. The number of hydrogen-bond acceptors (Lipinski definition) is 1. The molecule has 9 rings (SSSR count). The third kappa shape index (κ3) is 5.50. The summed E-state index contributed by atoms with van der Waals surface area (Å²) >= 11 is 0. The molecule has 2 heteroatoms. The minimum Gasteiger partial charge on any atom is -0.310 e. The maximum Gasteiger partial charge on any atom is 0.0541 e. The second-order valence-electron chi connectivity index (χ2n) is 14.7. The maximum absolute atomic E-state index is 4.12. The van der Waals surface area contributed by atoms with E-state index < -0.39 is 0 Å². The van der Waals surface area contributed by atoms with Gasteiger partial charge in [-0.25, -0.2) is 0 Å². The van der Waals surface area contributed by atoms with Gasteiger partial charge in [0.25, 0.3) is 0 Å². The maximum atomic E-state index is 4.12. The Hall–Kier alpha value is -6.64. The lowest BCUT2D eigenvalue weighted by atomic mass is 9.81. The van der Waals surface area contributed by atoms with Crippen molar-refractivity contribution in [2.24, 2.45) is 0 Å². The van der Waals surface area contributed by atoms with E-state index in [0.717, 1.165) is 22.8 Å². The van der Waals surface area contributed by atoms with Crippen molar-refractivity contribution in [1.29, 1.82) is 0 Å². The highest BCUT2D eigenvalue weighted by atomic mass is 15.1. The molecule has 0 radical (unpaired) electrons. The van der Waals surface area contributed by atoms with Crippen molar-refractivity contribution < 1.29 is 0 Å². The molecule has 0 amide bonds. The van der Waals surface area contributed by atoms with Gasteiger partial charge in [0.2, 0.25) is 0 Å². The smallest absolute Gasteiger partial charge is 0.0541 e. The first-order valence-corrected chi connectivity index (χ1v) is 18.7. The van der Waals surface area contributed by atoms with Crippen molar-refractivity contribution in [3.8, 4) is 22.3 Å². The summed E-state index contributed by atoms with van der Waals surface area (Å²) in [4.78, 5) is 2.37. The van der Waals surface area contributed by atoms with Crippen LogP contribution in [0.25, 0.3) is 55.3 Å². The van der Waals surface area contributed by atoms with Gasteiger partial charge < -0.3 is 9.47 Å². The number of benzene rings is 7. The summed E-state index contributed by atoms with van der Waals surface area (Å²) in [6.07, 6.45) is 6.35. The predicted molar refractivity (Wildman–Crippen MR) is 232 cm³/mol. The minimum atomic E-state index is -0.191. The highest BCUT2D eigenvalue weighted by Crippen LogP contribution is 2.53. The van der Waals surface area contributed by atoms with E-state index in [0.29, 0.717) is 0 Å². The molecule has 0 bridgehead atoms. The number of aromatic nitrogens is 1. The molecule has 0 saturated heterocycles. The standard InChI is InChI=1S/C52H42N2/c1-5-17-41(54-49-26-14-12-22-44(49)45-23-13-15-27-50(45)54)34-36(2)43-24-16-25-47-51(43)46-33-32-42(35-48(46)52(47,3)4)53(39-20-10-7-11-21-39)40-30-28-38(29-31-40)37-18-8-6-9-19-37/h5-35H,1H2,2-4H3/b36-34+,41-17+. The van der Waals surface area contributed by atoms with Crippen LogP contribution in [0.15, 0.2) is 195 Å². The number of nitrogens with zero attached hydrogens (tertiary/aromatic N) is 2. The Bertz CT molecular complexity index is 2690. The van der Waals surface area contributed by atoms with Gasteiger partial charge in [-0.15, -0.1) is 0 Å². The van der Waals surface area contributed by atoms with Gasteiger partial charge in [-0.3, -0.25) is 0 Å². The van der Waals surface area contributed by atoms with Crippen molar-refractivity contribution in [2.75, 3.05) is 4.90 Å². The van der Waals surface area contributed by atoms with Crippen molar-refractivity contribution in [3.63, 3.8) is 0 Å². The molecule has 0 unspecified atom stereocenters. The summed E-state index contributed by atoms with van der Waals surface area (Å²) in [6.45, 7) is 11.1. The van der Waals surface area contributed by atoms with Gasteiger partial charge in [0.15, 0.2) is 0 Å². The highest BCUT2D eigenvalue weighted by Gasteiger charge is 2.37. The first-order valence-electron chi connectivity index (χ1n) is 18.7. The van der Waals surface area contributed by atoms with Crippen molar-refractivity contribution in [1.82, 2.24) is 4.57 Å². The number of allylic oxidation sites excluding steroid dienone is 5. The lowest BCUT2D eigenvalue weighted by Gasteiger charge is -2.28. The van der Waals surface area contributed by atoms with Gasteiger partial charge in [-0.2, -0.15) is 0 Å². The zero-order valence-electron chi connectivity index (χ0n) is 31.0. The van der Waals surface area contributed by atoms with Crippen LogP contribution in [0, 0.1) is 0 Å². The van der Waals surface area contributed by atoms with E-state index in [1.165, 1.54) is 66.3 Å². The average molecular weight is 695 g/mol. The van der Waals surface area contributed by atoms with Gasteiger partial charge >= 0.3 is 0 Å². The number of hydrogen-bond donors (Lipinski definition) is 0. The van der Waals surface area contributed by atoms with Gasteiger partial charge in [0.1, 0.15) is 0 Å². The third-order valence-corrected chi connectivity index (χ3v) is 11.1. The Morgan fingerprint density at radius 1 is 0.574 bits per heavy atom. The fourth-order valence-electron chi connectivity index (χ4n) is 8.51. The number of anilines is 3. The predicted octanol–water partition coefficient (Wildman–Crippen LogP) is 14.4. The van der Waals surface area contributed by atoms with E-state index in [9.17, 15) is 0 Å². The molecular weight excluding hydrogens is 653 g/mol. The molecule has 0 spiro atoms. The first kappa shape index (κ1) is 33.2. The fourth-order valence-corrected chi connectivity index (χ4v) is 8.51. The largest absolute Gasteiger partial charge is 0.310 e. The summed E-state index contributed by atoms with van der Waals surface area (Å²) in [6, 6.07) is 61.4. The van der Waals surface area contributed by atoms with Gasteiger partial charge in [-0.1, -0.05) is 148 Å². The number of rotatable bonds is 8. The molecule has 0 N–H and O–H groups in total. The van der Waals surface area contributed by atoms with Crippen LogP contribution in [-0.4, -0.2) is 4.57 Å². The van der Waals surface area contributed by atoms with E-state index in [-0.39, 0.29) is 5.41 Å². The Morgan fingerprint density at radius 2 is 1.15 bits per heavy atom. The summed E-state index contributed by atoms with van der Waals surface area (Å²) in [5.74, 6) is 0. The van der Waals surface area contributed by atoms with Crippen LogP contribution in [0.5, 0.6) is 0 Å². The summed E-state index contributed by atoms with van der Waals surface area (Å²) in [5.41, 5.74) is 16.8. The van der Waals surface area contributed by atoms with Crippen molar-refractivity contribution >= 4 is 50.1 Å². The van der Waals surface area contributed by atoms with Gasteiger partial charge in [0.05, 0.1) is 11.0 Å².